The Morgan fingerprint density at radius 1 is 1.38 bits per heavy atom. The van der Waals surface area contributed by atoms with Crippen LogP contribution in [0, 0.1) is 17.3 Å². The zero-order valence-corrected chi connectivity index (χ0v) is 11.3. The molecule has 0 aromatic carbocycles. The average Bonchev–Trinajstić information content (AvgIpc) is 2.75. The first kappa shape index (κ1) is 12.4. The number of rotatable bonds is 6. The van der Waals surface area contributed by atoms with Crippen LogP contribution in [0.3, 0.4) is 0 Å². The van der Waals surface area contributed by atoms with Crippen molar-refractivity contribution in [1.82, 2.24) is 10.2 Å². The average molecular weight is 224 g/mol. The van der Waals surface area contributed by atoms with Crippen LogP contribution in [0.5, 0.6) is 0 Å². The van der Waals surface area contributed by atoms with Crippen LogP contribution in [-0.2, 0) is 0 Å². The van der Waals surface area contributed by atoms with Crippen molar-refractivity contribution in [2.45, 2.75) is 40.0 Å². The molecule has 2 aliphatic rings. The van der Waals surface area contributed by atoms with Gasteiger partial charge in [-0.1, -0.05) is 20.8 Å². The Hall–Kier alpha value is -0.0800. The molecule has 1 saturated carbocycles. The second kappa shape index (κ2) is 5.05. The molecular formula is C14H28N2. The number of likely N-dealkylation sites (tertiary alicyclic amines) is 1. The van der Waals surface area contributed by atoms with E-state index in [4.69, 9.17) is 0 Å². The predicted molar refractivity (Wildman–Crippen MR) is 69.6 cm³/mol. The van der Waals surface area contributed by atoms with Gasteiger partial charge < -0.3 is 10.2 Å². The molecule has 0 radical (unpaired) electrons. The van der Waals surface area contributed by atoms with Crippen LogP contribution in [0.15, 0.2) is 0 Å². The predicted octanol–water partition coefficient (Wildman–Crippen LogP) is 2.35. The van der Waals surface area contributed by atoms with Crippen molar-refractivity contribution in [3.63, 3.8) is 0 Å². The monoisotopic (exact) mass is 224 g/mol. The molecule has 1 unspecified atom stereocenters. The Morgan fingerprint density at radius 3 is 2.75 bits per heavy atom. The molecule has 0 amide bonds. The van der Waals surface area contributed by atoms with E-state index in [1.165, 1.54) is 52.0 Å². The van der Waals surface area contributed by atoms with Gasteiger partial charge in [-0.25, -0.2) is 0 Å². The smallest absolute Gasteiger partial charge is 0.00355 e. The van der Waals surface area contributed by atoms with E-state index in [2.05, 4.69) is 31.0 Å². The summed E-state index contributed by atoms with van der Waals surface area (Å²) >= 11 is 0. The van der Waals surface area contributed by atoms with E-state index in [0.717, 1.165) is 11.8 Å². The number of nitrogens with zero attached hydrogens (tertiary/aromatic N) is 1. The molecule has 0 bridgehead atoms. The highest BCUT2D eigenvalue weighted by atomic mass is 15.2. The molecule has 16 heavy (non-hydrogen) atoms. The summed E-state index contributed by atoms with van der Waals surface area (Å²) in [5, 5.41) is 3.60. The second-order valence-corrected chi connectivity index (χ2v) is 6.75. The van der Waals surface area contributed by atoms with Crippen LogP contribution in [-0.4, -0.2) is 37.6 Å². The molecule has 0 aromatic heterocycles. The van der Waals surface area contributed by atoms with Crippen molar-refractivity contribution in [1.29, 1.82) is 0 Å². The molecule has 0 spiro atoms. The maximum absolute atomic E-state index is 3.60. The van der Waals surface area contributed by atoms with Crippen molar-refractivity contribution in [2.75, 3.05) is 32.7 Å². The van der Waals surface area contributed by atoms with Crippen molar-refractivity contribution < 1.29 is 0 Å². The second-order valence-electron chi connectivity index (χ2n) is 6.75. The van der Waals surface area contributed by atoms with E-state index >= 15 is 0 Å². The molecule has 94 valence electrons. The summed E-state index contributed by atoms with van der Waals surface area (Å²) in [6, 6.07) is 0. The summed E-state index contributed by atoms with van der Waals surface area (Å²) in [6.45, 7) is 13.4. The lowest BCUT2D eigenvalue weighted by Crippen LogP contribution is -2.30. The fraction of sp³-hybridized carbons (Fsp3) is 1.00. The lowest BCUT2D eigenvalue weighted by atomic mass is 10.1. The third kappa shape index (κ3) is 3.74. The lowest BCUT2D eigenvalue weighted by molar-refractivity contribution is 0.265. The van der Waals surface area contributed by atoms with Crippen molar-refractivity contribution >= 4 is 0 Å². The Morgan fingerprint density at radius 2 is 2.12 bits per heavy atom. The van der Waals surface area contributed by atoms with Gasteiger partial charge in [-0.3, -0.25) is 0 Å². The molecule has 1 saturated heterocycles. The van der Waals surface area contributed by atoms with Crippen LogP contribution in [0.2, 0.25) is 0 Å². The third-order valence-corrected chi connectivity index (χ3v) is 4.06. The minimum Gasteiger partial charge on any atom is -0.316 e. The first-order chi connectivity index (χ1) is 7.57. The standard InChI is InChI=1S/C14H28N2/c1-12(2)8-15-9-13-4-7-16(10-13)11-14(3)5-6-14/h12-13,15H,4-11H2,1-3H3. The van der Waals surface area contributed by atoms with Crippen LogP contribution >= 0.6 is 0 Å². The third-order valence-electron chi connectivity index (χ3n) is 4.06. The largest absolute Gasteiger partial charge is 0.316 e. The number of nitrogens with one attached hydrogen (secondary N) is 1. The van der Waals surface area contributed by atoms with Gasteiger partial charge in [-0.15, -0.1) is 0 Å². The summed E-state index contributed by atoms with van der Waals surface area (Å²) < 4.78 is 0. The van der Waals surface area contributed by atoms with E-state index in [9.17, 15) is 0 Å². The summed E-state index contributed by atoms with van der Waals surface area (Å²) in [4.78, 5) is 2.69. The topological polar surface area (TPSA) is 15.3 Å². The summed E-state index contributed by atoms with van der Waals surface area (Å²) in [7, 11) is 0. The minimum absolute atomic E-state index is 0.695. The van der Waals surface area contributed by atoms with E-state index in [1.54, 1.807) is 0 Å². The minimum atomic E-state index is 0.695. The van der Waals surface area contributed by atoms with Gasteiger partial charge in [0, 0.05) is 13.1 Å². The highest BCUT2D eigenvalue weighted by Gasteiger charge is 2.39. The van der Waals surface area contributed by atoms with E-state index in [1.807, 2.05) is 0 Å². The maximum atomic E-state index is 3.60. The van der Waals surface area contributed by atoms with Gasteiger partial charge in [0.05, 0.1) is 0 Å². The van der Waals surface area contributed by atoms with Crippen LogP contribution < -0.4 is 5.32 Å². The quantitative estimate of drug-likeness (QED) is 0.745. The molecule has 1 atom stereocenters. The van der Waals surface area contributed by atoms with Gasteiger partial charge in [-0.2, -0.15) is 0 Å². The highest BCUT2D eigenvalue weighted by molar-refractivity contribution is 4.93. The van der Waals surface area contributed by atoms with Crippen molar-refractivity contribution in [2.24, 2.45) is 17.3 Å². The Kier molecular flexibility index (Phi) is 3.91. The SMILES string of the molecule is CC(C)CNCC1CCN(CC2(C)CC2)C1. The summed E-state index contributed by atoms with van der Waals surface area (Å²) in [5.41, 5.74) is 0.695. The van der Waals surface area contributed by atoms with Gasteiger partial charge in [0.25, 0.3) is 0 Å². The van der Waals surface area contributed by atoms with Crippen LogP contribution in [0.1, 0.15) is 40.0 Å². The maximum Gasteiger partial charge on any atom is 0.00355 e. The van der Waals surface area contributed by atoms with E-state index < -0.39 is 0 Å². The Balaban J connectivity index is 1.60. The molecule has 1 aliphatic carbocycles. The normalized spacial score (nSPS) is 28.9. The Bertz CT molecular complexity index is 221. The molecule has 1 heterocycles. The molecule has 2 fully saturated rings. The summed E-state index contributed by atoms with van der Waals surface area (Å²) in [6.07, 6.45) is 4.32. The summed E-state index contributed by atoms with van der Waals surface area (Å²) in [5.74, 6) is 1.68. The molecule has 1 aliphatic heterocycles. The zero-order chi connectivity index (χ0) is 11.6. The fourth-order valence-electron chi connectivity index (χ4n) is 2.71. The van der Waals surface area contributed by atoms with Gasteiger partial charge in [0.15, 0.2) is 0 Å². The zero-order valence-electron chi connectivity index (χ0n) is 11.3. The Labute approximate surface area is 101 Å². The fourth-order valence-corrected chi connectivity index (χ4v) is 2.71. The van der Waals surface area contributed by atoms with Gasteiger partial charge in [0.1, 0.15) is 0 Å². The number of hydrogen-bond acceptors (Lipinski definition) is 2. The van der Waals surface area contributed by atoms with Crippen LogP contribution in [0.25, 0.3) is 0 Å². The molecule has 2 nitrogen and oxygen atoms in total. The highest BCUT2D eigenvalue weighted by Crippen LogP contribution is 2.46. The molecular weight excluding hydrogens is 196 g/mol. The van der Waals surface area contributed by atoms with Gasteiger partial charge >= 0.3 is 0 Å². The molecule has 0 aromatic rings. The van der Waals surface area contributed by atoms with E-state index in [0.29, 0.717) is 5.41 Å². The number of hydrogen-bond donors (Lipinski definition) is 1. The first-order valence-electron chi connectivity index (χ1n) is 7.00. The van der Waals surface area contributed by atoms with Crippen molar-refractivity contribution in [3.8, 4) is 0 Å². The molecule has 2 heteroatoms. The first-order valence-corrected chi connectivity index (χ1v) is 7.00. The van der Waals surface area contributed by atoms with Crippen LogP contribution in [0.4, 0.5) is 0 Å². The molecule has 2 rings (SSSR count). The molecule has 1 N–H and O–H groups in total. The van der Waals surface area contributed by atoms with Gasteiger partial charge in [0.2, 0.25) is 0 Å². The van der Waals surface area contributed by atoms with E-state index in [-0.39, 0.29) is 0 Å². The van der Waals surface area contributed by atoms with Crippen molar-refractivity contribution in [3.05, 3.63) is 0 Å². The lowest BCUT2D eigenvalue weighted by Gasteiger charge is -2.20. The van der Waals surface area contributed by atoms with Gasteiger partial charge in [-0.05, 0) is 56.1 Å².